The number of esters is 1. The number of methoxy groups -OCH3 is 1. The Morgan fingerprint density at radius 1 is 1.55 bits per heavy atom. The molecule has 1 aliphatic rings. The molecule has 1 aromatic heterocycles. The van der Waals surface area contributed by atoms with Gasteiger partial charge in [0, 0.05) is 6.61 Å². The SMILES string of the molecule is COC(=O)c1ccc2c(=O)n(C[C@H]3CCCO3)c(=S)[nH]c2c1. The molecule has 0 amide bonds. The van der Waals surface area contributed by atoms with E-state index < -0.39 is 5.97 Å². The zero-order valence-electron chi connectivity index (χ0n) is 12.1. The van der Waals surface area contributed by atoms with E-state index in [1.165, 1.54) is 11.7 Å². The number of H-pyrrole nitrogens is 1. The Kier molecular flexibility index (Phi) is 4.08. The van der Waals surface area contributed by atoms with Crippen molar-refractivity contribution in [3.63, 3.8) is 0 Å². The maximum Gasteiger partial charge on any atom is 0.337 e. The van der Waals surface area contributed by atoms with Crippen LogP contribution in [0.5, 0.6) is 0 Å². The molecule has 0 saturated carbocycles. The van der Waals surface area contributed by atoms with Crippen molar-refractivity contribution in [1.82, 2.24) is 9.55 Å². The van der Waals surface area contributed by atoms with Gasteiger partial charge in [0.1, 0.15) is 0 Å². The molecule has 1 saturated heterocycles. The number of nitrogens with one attached hydrogen (secondary N) is 1. The number of hydrogen-bond acceptors (Lipinski definition) is 5. The number of carbonyl (C=O) groups is 1. The number of nitrogens with zero attached hydrogens (tertiary/aromatic N) is 1. The first-order valence-electron chi connectivity index (χ1n) is 7.07. The number of aromatic amines is 1. The highest BCUT2D eigenvalue weighted by molar-refractivity contribution is 7.71. The van der Waals surface area contributed by atoms with Crippen molar-refractivity contribution in [2.75, 3.05) is 13.7 Å². The highest BCUT2D eigenvalue weighted by atomic mass is 32.1. The Labute approximate surface area is 131 Å². The smallest absolute Gasteiger partial charge is 0.337 e. The number of benzene rings is 1. The van der Waals surface area contributed by atoms with Gasteiger partial charge in [-0.2, -0.15) is 0 Å². The van der Waals surface area contributed by atoms with E-state index in [0.29, 0.717) is 27.8 Å². The van der Waals surface area contributed by atoms with E-state index >= 15 is 0 Å². The van der Waals surface area contributed by atoms with Crippen molar-refractivity contribution in [1.29, 1.82) is 0 Å². The summed E-state index contributed by atoms with van der Waals surface area (Å²) < 4.78 is 12.1. The molecule has 0 spiro atoms. The quantitative estimate of drug-likeness (QED) is 0.692. The van der Waals surface area contributed by atoms with E-state index in [4.69, 9.17) is 17.0 Å². The summed E-state index contributed by atoms with van der Waals surface area (Å²) in [6, 6.07) is 4.76. The first kappa shape index (κ1) is 14.9. The number of hydrogen-bond donors (Lipinski definition) is 1. The largest absolute Gasteiger partial charge is 0.465 e. The summed E-state index contributed by atoms with van der Waals surface area (Å²) in [5.41, 5.74) is 0.726. The first-order chi connectivity index (χ1) is 10.6. The van der Waals surface area contributed by atoms with Crippen LogP contribution in [-0.4, -0.2) is 35.3 Å². The molecule has 1 aromatic carbocycles. The third-order valence-corrected chi connectivity index (χ3v) is 4.14. The van der Waals surface area contributed by atoms with E-state index in [9.17, 15) is 9.59 Å². The fourth-order valence-corrected chi connectivity index (χ4v) is 2.92. The number of aromatic nitrogens is 2. The average Bonchev–Trinajstić information content (AvgIpc) is 3.03. The predicted octanol–water partition coefficient (Wildman–Crippen LogP) is 2.02. The molecule has 0 unspecified atom stereocenters. The molecule has 22 heavy (non-hydrogen) atoms. The van der Waals surface area contributed by atoms with Crippen LogP contribution in [0.1, 0.15) is 23.2 Å². The third-order valence-electron chi connectivity index (χ3n) is 3.81. The number of ether oxygens (including phenoxy) is 2. The minimum Gasteiger partial charge on any atom is -0.465 e. The minimum atomic E-state index is -0.454. The molecule has 3 rings (SSSR count). The van der Waals surface area contributed by atoms with Gasteiger partial charge in [-0.1, -0.05) is 0 Å². The molecule has 0 bridgehead atoms. The zero-order valence-corrected chi connectivity index (χ0v) is 12.9. The average molecular weight is 320 g/mol. The highest BCUT2D eigenvalue weighted by Crippen LogP contribution is 2.15. The lowest BCUT2D eigenvalue weighted by atomic mass is 10.1. The summed E-state index contributed by atoms with van der Waals surface area (Å²) in [6.45, 7) is 1.18. The highest BCUT2D eigenvalue weighted by Gasteiger charge is 2.18. The van der Waals surface area contributed by atoms with Crippen LogP contribution in [-0.2, 0) is 16.0 Å². The lowest BCUT2D eigenvalue weighted by molar-refractivity contribution is 0.0601. The molecule has 1 atom stereocenters. The van der Waals surface area contributed by atoms with Gasteiger partial charge in [0.2, 0.25) is 0 Å². The van der Waals surface area contributed by atoms with Crippen molar-refractivity contribution in [2.45, 2.75) is 25.5 Å². The van der Waals surface area contributed by atoms with Crippen LogP contribution in [0.25, 0.3) is 10.9 Å². The van der Waals surface area contributed by atoms with E-state index in [2.05, 4.69) is 9.72 Å². The minimum absolute atomic E-state index is 0.0274. The summed E-state index contributed by atoms with van der Waals surface area (Å²) in [7, 11) is 1.31. The zero-order chi connectivity index (χ0) is 15.7. The topological polar surface area (TPSA) is 73.3 Å². The second-order valence-electron chi connectivity index (χ2n) is 5.23. The molecule has 116 valence electrons. The van der Waals surface area contributed by atoms with Crippen LogP contribution >= 0.6 is 12.2 Å². The van der Waals surface area contributed by atoms with Crippen molar-refractivity contribution in [3.05, 3.63) is 38.9 Å². The predicted molar refractivity (Wildman–Crippen MR) is 83.7 cm³/mol. The van der Waals surface area contributed by atoms with Crippen LogP contribution in [0.3, 0.4) is 0 Å². The Morgan fingerprint density at radius 2 is 2.36 bits per heavy atom. The Hall–Kier alpha value is -1.99. The van der Waals surface area contributed by atoms with Crippen molar-refractivity contribution in [3.8, 4) is 0 Å². The summed E-state index contributed by atoms with van der Waals surface area (Å²) >= 11 is 5.27. The molecule has 2 aromatic rings. The van der Waals surface area contributed by atoms with Crippen molar-refractivity contribution in [2.24, 2.45) is 0 Å². The van der Waals surface area contributed by atoms with Gasteiger partial charge in [-0.15, -0.1) is 0 Å². The molecule has 2 heterocycles. The van der Waals surface area contributed by atoms with Crippen LogP contribution in [0, 0.1) is 4.77 Å². The number of rotatable bonds is 3. The molecule has 0 radical (unpaired) electrons. The first-order valence-corrected chi connectivity index (χ1v) is 7.48. The van der Waals surface area contributed by atoms with Gasteiger partial charge in [-0.3, -0.25) is 9.36 Å². The third kappa shape index (κ3) is 2.69. The van der Waals surface area contributed by atoms with Gasteiger partial charge in [-0.25, -0.2) is 4.79 Å². The number of fused-ring (bicyclic) bond motifs is 1. The summed E-state index contributed by atoms with van der Waals surface area (Å²) in [4.78, 5) is 27.2. The fraction of sp³-hybridized carbons (Fsp3) is 0.400. The van der Waals surface area contributed by atoms with Gasteiger partial charge in [-0.05, 0) is 43.3 Å². The van der Waals surface area contributed by atoms with E-state index in [1.807, 2.05) is 0 Å². The van der Waals surface area contributed by atoms with E-state index in [-0.39, 0.29) is 11.7 Å². The number of carbonyl (C=O) groups excluding carboxylic acids is 1. The Balaban J connectivity index is 2.07. The van der Waals surface area contributed by atoms with Gasteiger partial charge < -0.3 is 14.5 Å². The van der Waals surface area contributed by atoms with Crippen molar-refractivity contribution >= 4 is 29.1 Å². The van der Waals surface area contributed by atoms with E-state index in [0.717, 1.165) is 19.4 Å². The maximum atomic E-state index is 12.6. The normalized spacial score (nSPS) is 17.8. The summed E-state index contributed by atoms with van der Waals surface area (Å²) in [6.07, 6.45) is 1.96. The van der Waals surface area contributed by atoms with Gasteiger partial charge >= 0.3 is 5.97 Å². The maximum absolute atomic E-state index is 12.6. The standard InChI is InChI=1S/C15H16N2O4S/c1-20-14(19)9-4-5-11-12(7-9)16-15(22)17(13(11)18)8-10-3-2-6-21-10/h4-5,7,10H,2-3,6,8H2,1H3,(H,16,22)/t10-/m1/s1. The second-order valence-corrected chi connectivity index (χ2v) is 5.62. The molecule has 6 nitrogen and oxygen atoms in total. The lowest BCUT2D eigenvalue weighted by Crippen LogP contribution is -2.28. The molecule has 1 fully saturated rings. The molecular weight excluding hydrogens is 304 g/mol. The van der Waals surface area contributed by atoms with Gasteiger partial charge in [0.05, 0.1) is 36.2 Å². The molecule has 0 aliphatic carbocycles. The molecule has 7 heteroatoms. The van der Waals surface area contributed by atoms with Gasteiger partial charge in [0.15, 0.2) is 4.77 Å². The van der Waals surface area contributed by atoms with Crippen LogP contribution in [0.15, 0.2) is 23.0 Å². The molecular formula is C15H16N2O4S. The molecule has 1 N–H and O–H groups in total. The van der Waals surface area contributed by atoms with Crippen LogP contribution < -0.4 is 5.56 Å². The van der Waals surface area contributed by atoms with Crippen molar-refractivity contribution < 1.29 is 14.3 Å². The van der Waals surface area contributed by atoms with Crippen LogP contribution in [0.2, 0.25) is 0 Å². The monoisotopic (exact) mass is 320 g/mol. The summed E-state index contributed by atoms with van der Waals surface area (Å²) in [5.74, 6) is -0.454. The second kappa shape index (κ2) is 6.02. The van der Waals surface area contributed by atoms with Crippen LogP contribution in [0.4, 0.5) is 0 Å². The lowest BCUT2D eigenvalue weighted by Gasteiger charge is -2.13. The Bertz CT molecular complexity index is 834. The Morgan fingerprint density at radius 3 is 3.05 bits per heavy atom. The van der Waals surface area contributed by atoms with Gasteiger partial charge in [0.25, 0.3) is 5.56 Å². The molecule has 1 aliphatic heterocycles. The summed E-state index contributed by atoms with van der Waals surface area (Å²) in [5, 5.41) is 0.485. The van der Waals surface area contributed by atoms with E-state index in [1.54, 1.807) is 18.2 Å². The fourth-order valence-electron chi connectivity index (χ4n) is 2.66.